The Balaban J connectivity index is 1.70. The molecule has 3 rings (SSSR count). The van der Waals surface area contributed by atoms with Gasteiger partial charge in [-0.05, 0) is 24.6 Å². The number of alkyl halides is 3. The number of hydrogen-bond donors (Lipinski definition) is 0. The van der Waals surface area contributed by atoms with Gasteiger partial charge in [0.25, 0.3) is 5.91 Å². The fourth-order valence-corrected chi connectivity index (χ4v) is 2.80. The van der Waals surface area contributed by atoms with Crippen molar-refractivity contribution in [2.24, 2.45) is 7.05 Å². The van der Waals surface area contributed by atoms with Gasteiger partial charge in [0.2, 0.25) is 0 Å². The Hall–Kier alpha value is -2.58. The number of hydrogen-bond acceptors (Lipinski definition) is 4. The van der Waals surface area contributed by atoms with E-state index in [-0.39, 0.29) is 11.7 Å². The minimum absolute atomic E-state index is 0.167. The van der Waals surface area contributed by atoms with E-state index < -0.39 is 11.9 Å². The maximum atomic E-state index is 12.8. The molecule has 0 aromatic carbocycles. The van der Waals surface area contributed by atoms with Crippen LogP contribution in [0, 0.1) is 0 Å². The van der Waals surface area contributed by atoms with Gasteiger partial charge in [-0.2, -0.15) is 18.3 Å². The molecule has 1 amide bonds. The van der Waals surface area contributed by atoms with Crippen LogP contribution in [0.4, 0.5) is 19.0 Å². The van der Waals surface area contributed by atoms with Crippen LogP contribution in [-0.2, 0) is 13.2 Å². The second-order valence-electron chi connectivity index (χ2n) is 5.89. The Morgan fingerprint density at radius 2 is 1.92 bits per heavy atom. The van der Waals surface area contributed by atoms with E-state index in [9.17, 15) is 18.0 Å². The van der Waals surface area contributed by atoms with Gasteiger partial charge in [0.1, 0.15) is 17.2 Å². The number of aromatic nitrogens is 3. The lowest BCUT2D eigenvalue weighted by Crippen LogP contribution is -2.35. The van der Waals surface area contributed by atoms with Crippen LogP contribution < -0.4 is 4.90 Å². The quantitative estimate of drug-likeness (QED) is 0.831. The molecule has 9 heteroatoms. The van der Waals surface area contributed by atoms with Crippen molar-refractivity contribution in [1.29, 1.82) is 0 Å². The summed E-state index contributed by atoms with van der Waals surface area (Å²) in [5.41, 5.74) is -0.538. The standard InChI is InChI=1S/C16H18F3N5O/c1-22-9-6-12(21-22)15(25)24-8-3-7-23(10-11-24)14-5-2-4-13(20-14)16(17,18)19/h2,4-6,9H,3,7-8,10-11H2,1H3. The van der Waals surface area contributed by atoms with E-state index in [1.165, 1.54) is 6.07 Å². The first-order chi connectivity index (χ1) is 11.8. The molecular weight excluding hydrogens is 335 g/mol. The first-order valence-corrected chi connectivity index (χ1v) is 7.93. The van der Waals surface area contributed by atoms with E-state index in [2.05, 4.69) is 10.1 Å². The van der Waals surface area contributed by atoms with E-state index in [0.717, 1.165) is 6.07 Å². The summed E-state index contributed by atoms with van der Waals surface area (Å²) >= 11 is 0. The first-order valence-electron chi connectivity index (χ1n) is 7.93. The van der Waals surface area contributed by atoms with Gasteiger partial charge in [0.05, 0.1) is 0 Å². The van der Waals surface area contributed by atoms with Gasteiger partial charge in [-0.1, -0.05) is 6.07 Å². The van der Waals surface area contributed by atoms with E-state index in [1.54, 1.807) is 39.9 Å². The van der Waals surface area contributed by atoms with E-state index >= 15 is 0 Å². The largest absolute Gasteiger partial charge is 0.433 e. The third-order valence-electron chi connectivity index (χ3n) is 4.06. The highest BCUT2D eigenvalue weighted by Crippen LogP contribution is 2.29. The Morgan fingerprint density at radius 3 is 2.60 bits per heavy atom. The van der Waals surface area contributed by atoms with Crippen LogP contribution >= 0.6 is 0 Å². The second kappa shape index (κ2) is 6.73. The molecule has 0 saturated carbocycles. The molecule has 134 valence electrons. The minimum atomic E-state index is -4.47. The van der Waals surface area contributed by atoms with Gasteiger partial charge in [-0.25, -0.2) is 4.98 Å². The van der Waals surface area contributed by atoms with Crippen molar-refractivity contribution in [3.05, 3.63) is 41.9 Å². The van der Waals surface area contributed by atoms with Crippen molar-refractivity contribution in [2.45, 2.75) is 12.6 Å². The maximum absolute atomic E-state index is 12.8. The summed E-state index contributed by atoms with van der Waals surface area (Å²) < 4.78 is 40.0. The molecule has 6 nitrogen and oxygen atoms in total. The van der Waals surface area contributed by atoms with Gasteiger partial charge in [0, 0.05) is 39.4 Å². The molecule has 2 aromatic heterocycles. The monoisotopic (exact) mass is 353 g/mol. The van der Waals surface area contributed by atoms with Crippen molar-refractivity contribution in [3.8, 4) is 0 Å². The van der Waals surface area contributed by atoms with E-state index in [4.69, 9.17) is 0 Å². The number of rotatable bonds is 2. The van der Waals surface area contributed by atoms with Crippen molar-refractivity contribution < 1.29 is 18.0 Å². The molecule has 1 fully saturated rings. The zero-order valence-electron chi connectivity index (χ0n) is 13.7. The van der Waals surface area contributed by atoms with Crippen LogP contribution in [0.3, 0.4) is 0 Å². The number of amides is 1. The average molecular weight is 353 g/mol. The molecule has 0 atom stereocenters. The molecule has 2 aromatic rings. The van der Waals surface area contributed by atoms with Crippen molar-refractivity contribution in [1.82, 2.24) is 19.7 Å². The van der Waals surface area contributed by atoms with Crippen molar-refractivity contribution in [2.75, 3.05) is 31.1 Å². The van der Waals surface area contributed by atoms with E-state index in [0.29, 0.717) is 38.3 Å². The Labute approximate surface area is 142 Å². The van der Waals surface area contributed by atoms with E-state index in [1.807, 2.05) is 0 Å². The predicted molar refractivity (Wildman–Crippen MR) is 85.2 cm³/mol. The topological polar surface area (TPSA) is 54.3 Å². The zero-order chi connectivity index (χ0) is 18.0. The Kier molecular flexibility index (Phi) is 4.65. The fraction of sp³-hybridized carbons (Fsp3) is 0.438. The van der Waals surface area contributed by atoms with Gasteiger partial charge in [0.15, 0.2) is 0 Å². The van der Waals surface area contributed by atoms with Crippen LogP contribution in [0.25, 0.3) is 0 Å². The molecule has 0 N–H and O–H groups in total. The number of pyridine rings is 1. The van der Waals surface area contributed by atoms with Gasteiger partial charge < -0.3 is 9.80 Å². The third kappa shape index (κ3) is 3.92. The highest BCUT2D eigenvalue weighted by Gasteiger charge is 2.33. The molecule has 0 bridgehead atoms. The molecule has 0 radical (unpaired) electrons. The molecule has 0 aliphatic carbocycles. The first kappa shape index (κ1) is 17.2. The SMILES string of the molecule is Cn1ccc(C(=O)N2CCCN(c3cccc(C(F)(F)F)n3)CC2)n1. The highest BCUT2D eigenvalue weighted by molar-refractivity contribution is 5.92. The lowest BCUT2D eigenvalue weighted by atomic mass is 10.3. The summed E-state index contributed by atoms with van der Waals surface area (Å²) in [5.74, 6) is 0.112. The molecule has 0 spiro atoms. The lowest BCUT2D eigenvalue weighted by molar-refractivity contribution is -0.141. The van der Waals surface area contributed by atoms with Gasteiger partial charge in [-0.3, -0.25) is 9.48 Å². The number of halogens is 3. The maximum Gasteiger partial charge on any atom is 0.433 e. The third-order valence-corrected chi connectivity index (χ3v) is 4.06. The molecule has 1 saturated heterocycles. The summed E-state index contributed by atoms with van der Waals surface area (Å²) in [6.45, 7) is 1.91. The summed E-state index contributed by atoms with van der Waals surface area (Å²) in [6, 6.07) is 5.52. The van der Waals surface area contributed by atoms with Gasteiger partial charge >= 0.3 is 6.18 Å². The molecular formula is C16H18F3N5O. The van der Waals surface area contributed by atoms with Crippen LogP contribution in [0.1, 0.15) is 22.6 Å². The molecule has 1 aliphatic heterocycles. The summed E-state index contributed by atoms with van der Waals surface area (Å²) in [7, 11) is 1.74. The Morgan fingerprint density at radius 1 is 1.12 bits per heavy atom. The lowest BCUT2D eigenvalue weighted by Gasteiger charge is -2.23. The van der Waals surface area contributed by atoms with Crippen molar-refractivity contribution >= 4 is 11.7 Å². The Bertz CT molecular complexity index is 758. The summed E-state index contributed by atoms with van der Waals surface area (Å²) in [5, 5.41) is 4.11. The van der Waals surface area contributed by atoms with Crippen LogP contribution in [0.5, 0.6) is 0 Å². The second-order valence-corrected chi connectivity index (χ2v) is 5.89. The number of carbonyl (C=O) groups is 1. The van der Waals surface area contributed by atoms with Crippen LogP contribution in [0.15, 0.2) is 30.5 Å². The van der Waals surface area contributed by atoms with Crippen LogP contribution in [-0.4, -0.2) is 51.8 Å². The molecule has 3 heterocycles. The predicted octanol–water partition coefficient (Wildman–Crippen LogP) is 2.19. The van der Waals surface area contributed by atoms with Crippen molar-refractivity contribution in [3.63, 3.8) is 0 Å². The number of anilines is 1. The number of aryl methyl sites for hydroxylation is 1. The highest BCUT2D eigenvalue weighted by atomic mass is 19.4. The zero-order valence-corrected chi connectivity index (χ0v) is 13.7. The summed E-state index contributed by atoms with van der Waals surface area (Å²) in [6.07, 6.45) is -2.12. The average Bonchev–Trinajstić information content (AvgIpc) is 2.86. The smallest absolute Gasteiger partial charge is 0.355 e. The normalized spacial score (nSPS) is 16.0. The molecule has 1 aliphatic rings. The molecule has 25 heavy (non-hydrogen) atoms. The molecule has 0 unspecified atom stereocenters. The summed E-state index contributed by atoms with van der Waals surface area (Å²) in [4.78, 5) is 19.6. The minimum Gasteiger partial charge on any atom is -0.355 e. The fourth-order valence-electron chi connectivity index (χ4n) is 2.80. The number of carbonyl (C=O) groups excluding carboxylic acids is 1. The number of nitrogens with zero attached hydrogens (tertiary/aromatic N) is 5. The van der Waals surface area contributed by atoms with Crippen LogP contribution in [0.2, 0.25) is 0 Å². The van der Waals surface area contributed by atoms with Gasteiger partial charge in [-0.15, -0.1) is 0 Å².